The first-order valence-electron chi connectivity index (χ1n) is 5.55. The normalized spacial score (nSPS) is 12.2. The molecule has 0 radical (unpaired) electrons. The first kappa shape index (κ1) is 15.6. The standard InChI is InChI=1S/C11H11ClN4OS3/c1-6(19-11-16-15-10(18-2)20-11)9(17)14-7-4-3-5-13-8(7)12/h3-6H,1-2H3,(H,14,17)/t6-/m1/s1. The maximum atomic E-state index is 12.1. The number of anilines is 1. The van der Waals surface area contributed by atoms with Crippen LogP contribution in [0.15, 0.2) is 27.0 Å². The van der Waals surface area contributed by atoms with Gasteiger partial charge in [-0.3, -0.25) is 4.79 Å². The molecule has 0 saturated heterocycles. The Balaban J connectivity index is 1.97. The van der Waals surface area contributed by atoms with Crippen LogP contribution >= 0.6 is 46.5 Å². The van der Waals surface area contributed by atoms with E-state index in [1.807, 2.05) is 13.2 Å². The molecular formula is C11H11ClN4OS3. The lowest BCUT2D eigenvalue weighted by molar-refractivity contribution is -0.115. The van der Waals surface area contributed by atoms with Crippen molar-refractivity contribution < 1.29 is 4.79 Å². The third kappa shape index (κ3) is 4.08. The number of thioether (sulfide) groups is 2. The highest BCUT2D eigenvalue weighted by Gasteiger charge is 2.18. The zero-order valence-electron chi connectivity index (χ0n) is 10.7. The van der Waals surface area contributed by atoms with Crippen LogP contribution in [0.2, 0.25) is 5.15 Å². The molecule has 0 aliphatic carbocycles. The molecule has 106 valence electrons. The van der Waals surface area contributed by atoms with Gasteiger partial charge in [0.2, 0.25) is 5.91 Å². The lowest BCUT2D eigenvalue weighted by Crippen LogP contribution is -2.22. The van der Waals surface area contributed by atoms with Crippen LogP contribution in [0.4, 0.5) is 5.69 Å². The highest BCUT2D eigenvalue weighted by atomic mass is 35.5. The second kappa shape index (κ2) is 7.26. The molecule has 0 bridgehead atoms. The molecule has 0 saturated carbocycles. The number of carbonyl (C=O) groups excluding carboxylic acids is 1. The summed E-state index contributed by atoms with van der Waals surface area (Å²) in [5.41, 5.74) is 0.508. The number of amides is 1. The van der Waals surface area contributed by atoms with Gasteiger partial charge in [0, 0.05) is 6.20 Å². The molecule has 2 rings (SSSR count). The summed E-state index contributed by atoms with van der Waals surface area (Å²) in [5, 5.41) is 10.7. The molecule has 0 unspecified atom stereocenters. The molecule has 20 heavy (non-hydrogen) atoms. The number of rotatable bonds is 5. The number of nitrogens with zero attached hydrogens (tertiary/aromatic N) is 3. The van der Waals surface area contributed by atoms with Gasteiger partial charge < -0.3 is 5.32 Å². The summed E-state index contributed by atoms with van der Waals surface area (Å²) in [7, 11) is 0. The predicted molar refractivity (Wildman–Crippen MR) is 84.9 cm³/mol. The van der Waals surface area contributed by atoms with E-state index in [0.29, 0.717) is 5.69 Å². The minimum atomic E-state index is -0.297. The van der Waals surface area contributed by atoms with Gasteiger partial charge in [0.05, 0.1) is 10.9 Å². The molecule has 2 aromatic rings. The Labute approximate surface area is 133 Å². The molecule has 0 aliphatic rings. The van der Waals surface area contributed by atoms with Crippen LogP contribution in [0.5, 0.6) is 0 Å². The SMILES string of the molecule is CSc1nnc(S[C@H](C)C(=O)Nc2cccnc2Cl)s1. The van der Waals surface area contributed by atoms with Gasteiger partial charge in [0.15, 0.2) is 13.8 Å². The number of hydrogen-bond donors (Lipinski definition) is 1. The average Bonchev–Trinajstić information content (AvgIpc) is 2.89. The quantitative estimate of drug-likeness (QED) is 0.660. The molecule has 1 N–H and O–H groups in total. The monoisotopic (exact) mass is 346 g/mol. The van der Waals surface area contributed by atoms with E-state index in [1.165, 1.54) is 34.9 Å². The Hall–Kier alpha value is -0.830. The zero-order chi connectivity index (χ0) is 14.5. The Morgan fingerprint density at radius 2 is 2.20 bits per heavy atom. The van der Waals surface area contributed by atoms with Gasteiger partial charge in [-0.15, -0.1) is 10.2 Å². The second-order valence-corrected chi connectivity index (χ2v) is 7.61. The number of aromatic nitrogens is 3. The summed E-state index contributed by atoms with van der Waals surface area (Å²) in [6.07, 6.45) is 3.51. The third-order valence-electron chi connectivity index (χ3n) is 2.23. The van der Waals surface area contributed by atoms with Crippen LogP contribution in [-0.2, 0) is 4.79 Å². The number of nitrogens with one attached hydrogen (secondary N) is 1. The van der Waals surface area contributed by atoms with E-state index >= 15 is 0 Å². The number of pyridine rings is 1. The van der Waals surface area contributed by atoms with Gasteiger partial charge in [0.25, 0.3) is 0 Å². The van der Waals surface area contributed by atoms with Gasteiger partial charge >= 0.3 is 0 Å². The van der Waals surface area contributed by atoms with E-state index in [-0.39, 0.29) is 16.3 Å². The fourth-order valence-electron chi connectivity index (χ4n) is 1.25. The minimum Gasteiger partial charge on any atom is -0.322 e. The Morgan fingerprint density at radius 3 is 2.85 bits per heavy atom. The van der Waals surface area contributed by atoms with Crippen LogP contribution in [-0.4, -0.2) is 32.6 Å². The highest BCUT2D eigenvalue weighted by molar-refractivity contribution is 8.03. The summed E-state index contributed by atoms with van der Waals surface area (Å²) in [6, 6.07) is 3.43. The lowest BCUT2D eigenvalue weighted by Gasteiger charge is -2.10. The molecule has 0 fully saturated rings. The van der Waals surface area contributed by atoms with Crippen molar-refractivity contribution in [3.8, 4) is 0 Å². The van der Waals surface area contributed by atoms with Crippen molar-refractivity contribution in [3.63, 3.8) is 0 Å². The van der Waals surface area contributed by atoms with Crippen LogP contribution < -0.4 is 5.32 Å². The summed E-state index contributed by atoms with van der Waals surface area (Å²) < 4.78 is 1.66. The molecule has 0 aromatic carbocycles. The van der Waals surface area contributed by atoms with Crippen LogP contribution in [0, 0.1) is 0 Å². The molecule has 2 aromatic heterocycles. The van der Waals surface area contributed by atoms with Crippen molar-refractivity contribution in [1.82, 2.24) is 15.2 Å². The van der Waals surface area contributed by atoms with Crippen molar-refractivity contribution in [2.75, 3.05) is 11.6 Å². The van der Waals surface area contributed by atoms with E-state index in [2.05, 4.69) is 20.5 Å². The molecule has 5 nitrogen and oxygen atoms in total. The van der Waals surface area contributed by atoms with Crippen molar-refractivity contribution in [2.45, 2.75) is 20.9 Å². The molecule has 1 amide bonds. The highest BCUT2D eigenvalue weighted by Crippen LogP contribution is 2.30. The lowest BCUT2D eigenvalue weighted by atomic mass is 10.4. The second-order valence-electron chi connectivity index (χ2n) is 3.63. The summed E-state index contributed by atoms with van der Waals surface area (Å²) in [4.78, 5) is 16.0. The zero-order valence-corrected chi connectivity index (χ0v) is 13.9. The van der Waals surface area contributed by atoms with Crippen molar-refractivity contribution in [2.24, 2.45) is 0 Å². The molecule has 2 heterocycles. The summed E-state index contributed by atoms with van der Waals surface area (Å²) in [5.74, 6) is -0.147. The van der Waals surface area contributed by atoms with Crippen LogP contribution in [0.25, 0.3) is 0 Å². The summed E-state index contributed by atoms with van der Waals surface area (Å²) in [6.45, 7) is 1.81. The fourth-order valence-corrected chi connectivity index (χ4v) is 3.99. The van der Waals surface area contributed by atoms with Gasteiger partial charge in [-0.2, -0.15) is 0 Å². The van der Waals surface area contributed by atoms with E-state index < -0.39 is 0 Å². The fraction of sp³-hybridized carbons (Fsp3) is 0.273. The van der Waals surface area contributed by atoms with Crippen molar-refractivity contribution in [1.29, 1.82) is 0 Å². The van der Waals surface area contributed by atoms with Gasteiger partial charge in [-0.25, -0.2) is 4.98 Å². The van der Waals surface area contributed by atoms with Gasteiger partial charge in [0.1, 0.15) is 0 Å². The number of carbonyl (C=O) groups is 1. The maximum absolute atomic E-state index is 12.1. The Morgan fingerprint density at radius 1 is 1.45 bits per heavy atom. The first-order chi connectivity index (χ1) is 9.60. The first-order valence-corrected chi connectivity index (χ1v) is 8.85. The van der Waals surface area contributed by atoms with Gasteiger partial charge in [-0.1, -0.05) is 46.5 Å². The molecule has 1 atom stereocenters. The van der Waals surface area contributed by atoms with Crippen molar-refractivity contribution in [3.05, 3.63) is 23.5 Å². The third-order valence-corrected chi connectivity index (χ3v) is 5.61. The van der Waals surface area contributed by atoms with Crippen LogP contribution in [0.1, 0.15) is 6.92 Å². The molecule has 0 spiro atoms. The van der Waals surface area contributed by atoms with E-state index in [9.17, 15) is 4.79 Å². The molecular weight excluding hydrogens is 336 g/mol. The minimum absolute atomic E-state index is 0.147. The summed E-state index contributed by atoms with van der Waals surface area (Å²) >= 11 is 10.3. The molecule has 9 heteroatoms. The topological polar surface area (TPSA) is 67.8 Å². The predicted octanol–water partition coefficient (Wildman–Crippen LogP) is 3.43. The van der Waals surface area contributed by atoms with Gasteiger partial charge in [-0.05, 0) is 25.3 Å². The van der Waals surface area contributed by atoms with Crippen molar-refractivity contribution >= 4 is 58.1 Å². The number of halogens is 1. The average molecular weight is 347 g/mol. The Kier molecular flexibility index (Phi) is 5.64. The smallest absolute Gasteiger partial charge is 0.237 e. The van der Waals surface area contributed by atoms with Crippen LogP contribution in [0.3, 0.4) is 0 Å². The largest absolute Gasteiger partial charge is 0.322 e. The van der Waals surface area contributed by atoms with E-state index in [0.717, 1.165) is 8.68 Å². The van der Waals surface area contributed by atoms with E-state index in [1.54, 1.807) is 18.3 Å². The maximum Gasteiger partial charge on any atom is 0.237 e. The number of hydrogen-bond acceptors (Lipinski definition) is 7. The molecule has 0 aliphatic heterocycles. The Bertz CT molecular complexity index is 607. The van der Waals surface area contributed by atoms with E-state index in [4.69, 9.17) is 11.6 Å².